The Morgan fingerprint density at radius 3 is 2.46 bits per heavy atom. The third-order valence-electron chi connectivity index (χ3n) is 5.46. The Hall–Kier alpha value is -2.31. The number of benzene rings is 2. The van der Waals surface area contributed by atoms with Crippen molar-refractivity contribution in [2.45, 2.75) is 18.5 Å². The molecule has 0 saturated carbocycles. The van der Waals surface area contributed by atoms with Gasteiger partial charge in [0.1, 0.15) is 10.8 Å². The molecule has 2 heterocycles. The summed E-state index contributed by atoms with van der Waals surface area (Å²) in [5, 5.41) is 0.818. The molecule has 146 valence electrons. The Labute approximate surface area is 170 Å². The minimum Gasteiger partial charge on any atom is -0.497 e. The third-order valence-corrected chi connectivity index (χ3v) is 6.14. The number of methoxy groups -OCH3 is 1. The average Bonchev–Trinajstić information content (AvgIpc) is 3.12. The summed E-state index contributed by atoms with van der Waals surface area (Å²) in [6, 6.07) is 16.6. The standard InChI is InChI=1S/C22H25N3O2S/c1-26-19-8-4-6-16(14-19)15-5-3-7-18(13-15)22(17-9-11-27-12-10-17)24-20(23)21(25-22)28-2/h3-8,13-14,17H,9-12H2,1-2H3,(H2,23,24). The van der Waals surface area contributed by atoms with E-state index in [1.807, 2.05) is 24.5 Å². The molecule has 2 aliphatic heterocycles. The molecule has 1 fully saturated rings. The van der Waals surface area contributed by atoms with Gasteiger partial charge >= 0.3 is 0 Å². The van der Waals surface area contributed by atoms with Crippen molar-refractivity contribution in [2.24, 2.45) is 21.6 Å². The second-order valence-electron chi connectivity index (χ2n) is 7.04. The van der Waals surface area contributed by atoms with Crippen LogP contribution in [-0.4, -0.2) is 37.5 Å². The zero-order chi connectivity index (χ0) is 19.6. The molecule has 2 aliphatic rings. The molecule has 5 nitrogen and oxygen atoms in total. The van der Waals surface area contributed by atoms with E-state index in [0.717, 1.165) is 53.5 Å². The van der Waals surface area contributed by atoms with Gasteiger partial charge in [-0.2, -0.15) is 0 Å². The Morgan fingerprint density at radius 2 is 1.79 bits per heavy atom. The minimum atomic E-state index is -0.666. The van der Waals surface area contributed by atoms with Gasteiger partial charge in [0.15, 0.2) is 11.5 Å². The van der Waals surface area contributed by atoms with Crippen LogP contribution in [0.5, 0.6) is 5.75 Å². The van der Waals surface area contributed by atoms with E-state index in [-0.39, 0.29) is 5.92 Å². The number of hydrogen-bond acceptors (Lipinski definition) is 6. The minimum absolute atomic E-state index is 0.269. The quantitative estimate of drug-likeness (QED) is 0.847. The van der Waals surface area contributed by atoms with Crippen molar-refractivity contribution in [1.29, 1.82) is 0 Å². The Kier molecular flexibility index (Phi) is 5.42. The van der Waals surface area contributed by atoms with Gasteiger partial charge in [0.25, 0.3) is 0 Å². The van der Waals surface area contributed by atoms with Crippen LogP contribution in [0.4, 0.5) is 0 Å². The van der Waals surface area contributed by atoms with Crippen LogP contribution in [0.3, 0.4) is 0 Å². The summed E-state index contributed by atoms with van der Waals surface area (Å²) in [7, 11) is 1.68. The molecule has 4 rings (SSSR count). The lowest BCUT2D eigenvalue weighted by atomic mass is 9.81. The van der Waals surface area contributed by atoms with E-state index in [2.05, 4.69) is 30.3 Å². The van der Waals surface area contributed by atoms with Crippen LogP contribution in [-0.2, 0) is 10.4 Å². The highest BCUT2D eigenvalue weighted by Crippen LogP contribution is 2.45. The first kappa shape index (κ1) is 19.0. The number of thioether (sulfide) groups is 1. The average molecular weight is 396 g/mol. The fraction of sp³-hybridized carbons (Fsp3) is 0.364. The van der Waals surface area contributed by atoms with Gasteiger partial charge in [-0.3, -0.25) is 0 Å². The van der Waals surface area contributed by atoms with Gasteiger partial charge in [-0.25, -0.2) is 9.98 Å². The highest BCUT2D eigenvalue weighted by atomic mass is 32.2. The molecule has 2 N–H and O–H groups in total. The van der Waals surface area contributed by atoms with E-state index >= 15 is 0 Å². The van der Waals surface area contributed by atoms with Crippen molar-refractivity contribution >= 4 is 22.6 Å². The van der Waals surface area contributed by atoms with Gasteiger partial charge in [-0.05, 0) is 48.4 Å². The molecule has 1 saturated heterocycles. The van der Waals surface area contributed by atoms with E-state index in [1.54, 1.807) is 18.9 Å². The Balaban J connectivity index is 1.81. The summed E-state index contributed by atoms with van der Waals surface area (Å²) in [5.41, 5.74) is 8.88. The topological polar surface area (TPSA) is 69.2 Å². The Bertz CT molecular complexity index is 922. The largest absolute Gasteiger partial charge is 0.497 e. The van der Waals surface area contributed by atoms with Crippen LogP contribution >= 0.6 is 11.8 Å². The van der Waals surface area contributed by atoms with Crippen LogP contribution in [0.25, 0.3) is 11.1 Å². The number of amidine groups is 1. The molecule has 2 aromatic carbocycles. The van der Waals surface area contributed by atoms with E-state index < -0.39 is 5.66 Å². The fourth-order valence-corrected chi connectivity index (χ4v) is 4.48. The van der Waals surface area contributed by atoms with Crippen LogP contribution in [0.15, 0.2) is 58.5 Å². The zero-order valence-corrected chi connectivity index (χ0v) is 17.0. The van der Waals surface area contributed by atoms with Crippen molar-refractivity contribution in [2.75, 3.05) is 26.6 Å². The number of aliphatic imine (C=N–C) groups is 2. The summed E-state index contributed by atoms with van der Waals surface area (Å²) in [6.45, 7) is 1.48. The van der Waals surface area contributed by atoms with Crippen LogP contribution in [0.2, 0.25) is 0 Å². The molecule has 0 bridgehead atoms. The van der Waals surface area contributed by atoms with Crippen LogP contribution in [0.1, 0.15) is 18.4 Å². The monoisotopic (exact) mass is 395 g/mol. The zero-order valence-electron chi connectivity index (χ0n) is 16.2. The van der Waals surface area contributed by atoms with Gasteiger partial charge in [-0.1, -0.05) is 30.3 Å². The normalized spacial score (nSPS) is 22.6. The summed E-state index contributed by atoms with van der Waals surface area (Å²) in [5.74, 6) is 1.64. The first-order valence-electron chi connectivity index (χ1n) is 9.48. The molecular formula is C22H25N3O2S. The lowest BCUT2D eigenvalue weighted by molar-refractivity contribution is 0.0404. The molecule has 6 heteroatoms. The van der Waals surface area contributed by atoms with Crippen molar-refractivity contribution in [3.05, 3.63) is 54.1 Å². The van der Waals surface area contributed by atoms with Gasteiger partial charge in [0.2, 0.25) is 0 Å². The van der Waals surface area contributed by atoms with Gasteiger partial charge in [0, 0.05) is 24.7 Å². The second kappa shape index (κ2) is 7.97. The predicted octanol–water partition coefficient (Wildman–Crippen LogP) is 4.07. The molecule has 0 aromatic heterocycles. The molecule has 1 unspecified atom stereocenters. The number of nitrogens with zero attached hydrogens (tertiary/aromatic N) is 2. The lowest BCUT2D eigenvalue weighted by Gasteiger charge is -2.35. The molecule has 0 radical (unpaired) electrons. The van der Waals surface area contributed by atoms with Gasteiger partial charge in [0.05, 0.1) is 7.11 Å². The van der Waals surface area contributed by atoms with Crippen molar-refractivity contribution in [3.8, 4) is 16.9 Å². The highest BCUT2D eigenvalue weighted by molar-refractivity contribution is 8.15. The fourth-order valence-electron chi connectivity index (χ4n) is 4.00. The third kappa shape index (κ3) is 3.42. The predicted molar refractivity (Wildman–Crippen MR) is 116 cm³/mol. The van der Waals surface area contributed by atoms with Crippen LogP contribution < -0.4 is 10.5 Å². The van der Waals surface area contributed by atoms with E-state index in [9.17, 15) is 0 Å². The molecule has 2 aromatic rings. The molecular weight excluding hydrogens is 370 g/mol. The molecule has 0 spiro atoms. The van der Waals surface area contributed by atoms with Crippen molar-refractivity contribution in [1.82, 2.24) is 0 Å². The number of ether oxygens (including phenoxy) is 2. The second-order valence-corrected chi connectivity index (χ2v) is 7.84. The number of nitrogens with two attached hydrogens (primary N) is 1. The highest BCUT2D eigenvalue weighted by Gasteiger charge is 2.45. The molecule has 1 atom stereocenters. The smallest absolute Gasteiger partial charge is 0.182 e. The van der Waals surface area contributed by atoms with Crippen LogP contribution in [0, 0.1) is 5.92 Å². The van der Waals surface area contributed by atoms with Crippen molar-refractivity contribution in [3.63, 3.8) is 0 Å². The summed E-state index contributed by atoms with van der Waals surface area (Å²) < 4.78 is 11.0. The van der Waals surface area contributed by atoms with E-state index in [1.165, 1.54) is 0 Å². The number of rotatable bonds is 4. The van der Waals surface area contributed by atoms with E-state index in [0.29, 0.717) is 5.84 Å². The van der Waals surface area contributed by atoms with Gasteiger partial charge in [-0.15, -0.1) is 11.8 Å². The molecule has 28 heavy (non-hydrogen) atoms. The summed E-state index contributed by atoms with van der Waals surface area (Å²) in [4.78, 5) is 9.98. The molecule has 0 aliphatic carbocycles. The number of hydrogen-bond donors (Lipinski definition) is 1. The van der Waals surface area contributed by atoms with Crippen molar-refractivity contribution < 1.29 is 9.47 Å². The SMILES string of the molecule is COc1cccc(-c2cccc(C3(C4CCOCC4)N=C(N)C(SC)=N3)c2)c1. The maximum Gasteiger partial charge on any atom is 0.182 e. The summed E-state index contributed by atoms with van der Waals surface area (Å²) in [6.07, 6.45) is 3.84. The first-order valence-corrected chi connectivity index (χ1v) is 10.7. The lowest BCUT2D eigenvalue weighted by Crippen LogP contribution is -2.35. The molecule has 0 amide bonds. The first-order chi connectivity index (χ1) is 13.7. The maximum absolute atomic E-state index is 6.25. The summed E-state index contributed by atoms with van der Waals surface area (Å²) >= 11 is 1.55. The maximum atomic E-state index is 6.25. The Morgan fingerprint density at radius 1 is 1.07 bits per heavy atom. The van der Waals surface area contributed by atoms with E-state index in [4.69, 9.17) is 25.2 Å². The van der Waals surface area contributed by atoms with Gasteiger partial charge < -0.3 is 15.2 Å².